The predicted molar refractivity (Wildman–Crippen MR) is 123 cm³/mol. The number of nitrogens with zero attached hydrogens (tertiary/aromatic N) is 2. The van der Waals surface area contributed by atoms with Crippen molar-refractivity contribution in [3.8, 4) is 28.8 Å². The molecule has 2 atom stereocenters. The third-order valence-corrected chi connectivity index (χ3v) is 4.50. The Balaban J connectivity index is 0.00000129. The van der Waals surface area contributed by atoms with Crippen molar-refractivity contribution in [2.45, 2.75) is 18.7 Å². The molecule has 34 heavy (non-hydrogen) atoms. The summed E-state index contributed by atoms with van der Waals surface area (Å²) in [6.07, 6.45) is -0.962. The van der Waals surface area contributed by atoms with Crippen molar-refractivity contribution in [1.82, 2.24) is 9.97 Å². The van der Waals surface area contributed by atoms with Gasteiger partial charge in [-0.25, -0.2) is 4.98 Å². The van der Waals surface area contributed by atoms with E-state index in [1.165, 1.54) is 39.6 Å². The van der Waals surface area contributed by atoms with Gasteiger partial charge in [-0.1, -0.05) is 9.24 Å². The van der Waals surface area contributed by atoms with E-state index in [9.17, 15) is 18.7 Å². The van der Waals surface area contributed by atoms with Crippen LogP contribution in [-0.4, -0.2) is 40.1 Å². The fraction of sp³-hybridized carbons (Fsp3) is 0.182. The predicted octanol–water partition coefficient (Wildman–Crippen LogP) is 2.50. The van der Waals surface area contributed by atoms with Crippen LogP contribution in [0.1, 0.15) is 11.3 Å². The molecule has 0 aliphatic heterocycles. The number of aromatic nitrogens is 2. The van der Waals surface area contributed by atoms with Gasteiger partial charge in [-0.05, 0) is 55.5 Å². The molecule has 0 radical (unpaired) electrons. The Morgan fingerprint density at radius 2 is 1.68 bits per heavy atom. The van der Waals surface area contributed by atoms with Gasteiger partial charge in [0.15, 0.2) is 5.82 Å². The lowest BCUT2D eigenvalue weighted by molar-refractivity contribution is -0.126. The van der Waals surface area contributed by atoms with E-state index in [1.54, 1.807) is 31.2 Å². The van der Waals surface area contributed by atoms with Crippen molar-refractivity contribution in [3.05, 3.63) is 65.9 Å². The number of ether oxygens (including phenoxy) is 2. The maximum Gasteiger partial charge on any atom is 0.283 e. The molecule has 0 aliphatic carbocycles. The summed E-state index contributed by atoms with van der Waals surface area (Å²) in [5, 5.41) is 9.20. The number of aliphatic hydroxyl groups excluding tert-OH is 1. The average molecular weight is 492 g/mol. The first-order chi connectivity index (χ1) is 16.1. The fourth-order valence-corrected chi connectivity index (χ4v) is 2.81. The number of hydrogen-bond acceptors (Lipinski definition) is 7. The van der Waals surface area contributed by atoms with Crippen LogP contribution in [0.15, 0.2) is 54.6 Å². The molecule has 1 aromatic heterocycles. The zero-order chi connectivity index (χ0) is 25.3. The highest BCUT2D eigenvalue weighted by Crippen LogP contribution is 2.36. The molecule has 180 valence electrons. The van der Waals surface area contributed by atoms with Crippen molar-refractivity contribution >= 4 is 21.6 Å². The first kappa shape index (κ1) is 26.6. The zero-order valence-electron chi connectivity index (χ0n) is 18.0. The SMILES string of the molecule is Cc1cc(OC(CO)C(N)=O)nc(-c2ccc(Oc3ccc(C(F)(F)P)cc3)cc2)n1.NC=O. The molecule has 1 heterocycles. The molecule has 12 heteroatoms. The van der Waals surface area contributed by atoms with Crippen molar-refractivity contribution in [2.24, 2.45) is 11.5 Å². The molecular formula is C22H23F2N4O5P. The number of halogens is 2. The quantitative estimate of drug-likeness (QED) is 0.323. The van der Waals surface area contributed by atoms with Crippen LogP contribution in [0.5, 0.6) is 17.4 Å². The van der Waals surface area contributed by atoms with Crippen LogP contribution in [0.25, 0.3) is 11.4 Å². The Bertz CT molecular complexity index is 1110. The second kappa shape index (κ2) is 12.0. The highest BCUT2D eigenvalue weighted by Gasteiger charge is 2.24. The van der Waals surface area contributed by atoms with E-state index in [0.717, 1.165) is 0 Å². The Labute approximate surface area is 196 Å². The number of amides is 2. The summed E-state index contributed by atoms with van der Waals surface area (Å²) in [5.74, 6) is 0.541. The van der Waals surface area contributed by atoms with Crippen molar-refractivity contribution in [2.75, 3.05) is 6.61 Å². The van der Waals surface area contributed by atoms with E-state index < -0.39 is 24.3 Å². The lowest BCUT2D eigenvalue weighted by atomic mass is 10.2. The van der Waals surface area contributed by atoms with Crippen LogP contribution < -0.4 is 20.9 Å². The van der Waals surface area contributed by atoms with Gasteiger partial charge < -0.3 is 26.0 Å². The number of aliphatic hydroxyl groups is 1. The lowest BCUT2D eigenvalue weighted by Gasteiger charge is -2.14. The summed E-state index contributed by atoms with van der Waals surface area (Å²) in [7, 11) is 1.49. The molecule has 0 fully saturated rings. The first-order valence-corrected chi connectivity index (χ1v) is 10.3. The molecule has 3 rings (SSSR count). The molecule has 2 aromatic carbocycles. The fourth-order valence-electron chi connectivity index (χ4n) is 2.61. The van der Waals surface area contributed by atoms with Gasteiger partial charge in [0.2, 0.25) is 18.4 Å². The van der Waals surface area contributed by atoms with Crippen LogP contribution in [0, 0.1) is 6.92 Å². The number of nitrogens with two attached hydrogens (primary N) is 2. The standard InChI is InChI=1S/C21H20F2N3O4P.CH3NO/c1-12-10-18(30-17(11-27)19(24)28)26-20(25-12)13-2-6-15(7-3-13)29-16-8-4-14(5-9-16)21(22,23)31;2-1-3/h2-10,17,27H,11,31H2,1H3,(H2,24,28);1H,(H2,2,3). The molecule has 0 saturated carbocycles. The largest absolute Gasteiger partial charge is 0.462 e. The Kier molecular flexibility index (Phi) is 9.35. The lowest BCUT2D eigenvalue weighted by Crippen LogP contribution is -2.37. The molecule has 0 aliphatic rings. The van der Waals surface area contributed by atoms with E-state index in [2.05, 4.69) is 15.7 Å². The second-order valence-corrected chi connectivity index (χ2v) is 7.50. The summed E-state index contributed by atoms with van der Waals surface area (Å²) >= 11 is 0. The van der Waals surface area contributed by atoms with Gasteiger partial charge in [0.25, 0.3) is 11.6 Å². The van der Waals surface area contributed by atoms with E-state index >= 15 is 0 Å². The first-order valence-electron chi connectivity index (χ1n) is 9.70. The third-order valence-electron chi connectivity index (χ3n) is 4.16. The van der Waals surface area contributed by atoms with Crippen molar-refractivity contribution < 1.29 is 33.0 Å². The van der Waals surface area contributed by atoms with Gasteiger partial charge in [0, 0.05) is 22.9 Å². The molecule has 3 aromatic rings. The number of primary amides is 2. The van der Waals surface area contributed by atoms with Crippen molar-refractivity contribution in [3.63, 3.8) is 0 Å². The van der Waals surface area contributed by atoms with Gasteiger partial charge in [0.1, 0.15) is 11.5 Å². The van der Waals surface area contributed by atoms with Crippen LogP contribution in [0.3, 0.4) is 0 Å². The van der Waals surface area contributed by atoms with Gasteiger partial charge in [0.05, 0.1) is 6.61 Å². The summed E-state index contributed by atoms with van der Waals surface area (Å²) in [5.41, 5.74) is 7.46. The van der Waals surface area contributed by atoms with E-state index in [-0.39, 0.29) is 17.9 Å². The van der Waals surface area contributed by atoms with E-state index in [1.807, 2.05) is 0 Å². The molecule has 2 unspecified atom stereocenters. The summed E-state index contributed by atoms with van der Waals surface area (Å²) in [6, 6.07) is 13.8. The van der Waals surface area contributed by atoms with E-state index in [0.29, 0.717) is 28.6 Å². The van der Waals surface area contributed by atoms with Crippen LogP contribution in [-0.2, 0) is 15.3 Å². The minimum absolute atomic E-state index is 0.103. The van der Waals surface area contributed by atoms with Gasteiger partial charge in [-0.2, -0.15) is 13.8 Å². The minimum Gasteiger partial charge on any atom is -0.462 e. The number of rotatable bonds is 8. The Morgan fingerprint density at radius 3 is 2.15 bits per heavy atom. The minimum atomic E-state index is -2.99. The van der Waals surface area contributed by atoms with Gasteiger partial charge >= 0.3 is 0 Å². The smallest absolute Gasteiger partial charge is 0.283 e. The van der Waals surface area contributed by atoms with Gasteiger partial charge in [-0.15, -0.1) is 0 Å². The highest BCUT2D eigenvalue weighted by molar-refractivity contribution is 7.17. The molecule has 0 spiro atoms. The number of carbonyl (C=O) groups excluding carboxylic acids is 2. The van der Waals surface area contributed by atoms with Crippen LogP contribution >= 0.6 is 9.24 Å². The number of carbonyl (C=O) groups is 2. The number of benzene rings is 2. The summed E-state index contributed by atoms with van der Waals surface area (Å²) in [6.45, 7) is 1.16. The third kappa shape index (κ3) is 7.72. The second-order valence-electron chi connectivity index (χ2n) is 6.77. The molecular weight excluding hydrogens is 469 g/mol. The Hall–Kier alpha value is -3.69. The summed E-state index contributed by atoms with van der Waals surface area (Å²) in [4.78, 5) is 28.5. The van der Waals surface area contributed by atoms with Gasteiger partial charge in [-0.3, -0.25) is 9.59 Å². The summed E-state index contributed by atoms with van der Waals surface area (Å²) < 4.78 is 37.6. The maximum absolute atomic E-state index is 13.3. The normalized spacial score (nSPS) is 11.6. The van der Waals surface area contributed by atoms with Crippen molar-refractivity contribution in [1.29, 1.82) is 0 Å². The monoisotopic (exact) mass is 492 g/mol. The topological polar surface area (TPSA) is 151 Å². The molecule has 0 saturated heterocycles. The number of hydrogen-bond donors (Lipinski definition) is 3. The van der Waals surface area contributed by atoms with Crippen LogP contribution in [0.2, 0.25) is 0 Å². The van der Waals surface area contributed by atoms with Crippen LogP contribution in [0.4, 0.5) is 8.78 Å². The van der Waals surface area contributed by atoms with E-state index in [4.69, 9.17) is 20.0 Å². The molecule has 0 bridgehead atoms. The molecule has 5 N–H and O–H groups in total. The number of alkyl halides is 2. The molecule has 2 amide bonds. The molecule has 9 nitrogen and oxygen atoms in total. The zero-order valence-corrected chi connectivity index (χ0v) is 19.2. The Morgan fingerprint density at radius 1 is 1.15 bits per heavy atom. The highest BCUT2D eigenvalue weighted by atomic mass is 31.0. The average Bonchev–Trinajstić information content (AvgIpc) is 2.78. The maximum atomic E-state index is 13.3. The number of aryl methyl sites for hydroxylation is 1.